The van der Waals surface area contributed by atoms with E-state index in [2.05, 4.69) is 20.9 Å². The van der Waals surface area contributed by atoms with Gasteiger partial charge in [0.1, 0.15) is 17.1 Å². The van der Waals surface area contributed by atoms with Gasteiger partial charge >= 0.3 is 0 Å². The van der Waals surface area contributed by atoms with Crippen LogP contribution in [0, 0.1) is 24.5 Å². The summed E-state index contributed by atoms with van der Waals surface area (Å²) >= 11 is 1.30. The molecule has 0 aromatic heterocycles. The summed E-state index contributed by atoms with van der Waals surface area (Å²) in [7, 11) is 0. The summed E-state index contributed by atoms with van der Waals surface area (Å²) in [6.07, 6.45) is 0.811. The van der Waals surface area contributed by atoms with Crippen LogP contribution in [0.5, 0.6) is 0 Å². The van der Waals surface area contributed by atoms with Crippen LogP contribution in [-0.4, -0.2) is 47.1 Å². The molecule has 2 aliphatic rings. The summed E-state index contributed by atoms with van der Waals surface area (Å²) in [5, 5.41) is 9.10. The van der Waals surface area contributed by atoms with Crippen molar-refractivity contribution in [3.63, 3.8) is 0 Å². The first-order chi connectivity index (χ1) is 15.4. The summed E-state index contributed by atoms with van der Waals surface area (Å²) in [6.45, 7) is 3.93. The molecule has 2 heterocycles. The van der Waals surface area contributed by atoms with E-state index in [-0.39, 0.29) is 40.8 Å². The average Bonchev–Trinajstić information content (AvgIpc) is 2.77. The van der Waals surface area contributed by atoms with Crippen LogP contribution in [0.3, 0.4) is 0 Å². The first-order valence-electron chi connectivity index (χ1n) is 10.6. The van der Waals surface area contributed by atoms with Crippen molar-refractivity contribution in [3.8, 4) is 0 Å². The Morgan fingerprint density at radius 1 is 1.19 bits per heavy atom. The number of hydrogen-bond acceptors (Lipinski definition) is 5. The number of fused-ring (bicyclic) bond motifs is 1. The molecule has 2 aromatic rings. The molecule has 3 unspecified atom stereocenters. The van der Waals surface area contributed by atoms with Gasteiger partial charge in [0.05, 0.1) is 11.7 Å². The summed E-state index contributed by atoms with van der Waals surface area (Å²) in [6, 6.07) is 10.7. The summed E-state index contributed by atoms with van der Waals surface area (Å²) in [5.41, 5.74) is 1.89. The molecule has 2 aliphatic heterocycles. The normalized spacial score (nSPS) is 23.3. The number of halogens is 2. The average molecular weight is 461 g/mol. The molecule has 0 radical (unpaired) electrons. The number of nitrogens with one attached hydrogen (secondary N) is 3. The Kier molecular flexibility index (Phi) is 7.07. The molecule has 0 aliphatic carbocycles. The minimum absolute atomic E-state index is 0.0311. The Morgan fingerprint density at radius 3 is 2.72 bits per heavy atom. The Hall–Kier alpha value is -2.49. The zero-order valence-corrected chi connectivity index (χ0v) is 18.6. The quantitative estimate of drug-likeness (QED) is 0.618. The first-order valence-corrected chi connectivity index (χ1v) is 11.6. The predicted molar refractivity (Wildman–Crippen MR) is 121 cm³/mol. The van der Waals surface area contributed by atoms with Crippen molar-refractivity contribution >= 4 is 29.3 Å². The zero-order valence-electron chi connectivity index (χ0n) is 17.7. The maximum atomic E-state index is 13.4. The van der Waals surface area contributed by atoms with Gasteiger partial charge in [0.25, 0.3) is 0 Å². The molecule has 3 atom stereocenters. The zero-order chi connectivity index (χ0) is 22.7. The number of rotatable bonds is 6. The number of thioether (sulfide) groups is 1. The van der Waals surface area contributed by atoms with Crippen molar-refractivity contribution in [1.82, 2.24) is 15.5 Å². The molecule has 2 saturated heterocycles. The van der Waals surface area contributed by atoms with Crippen molar-refractivity contribution in [1.29, 1.82) is 0 Å². The fourth-order valence-electron chi connectivity index (χ4n) is 4.11. The fraction of sp³-hybridized carbons (Fsp3) is 0.391. The van der Waals surface area contributed by atoms with Crippen molar-refractivity contribution in [2.75, 3.05) is 24.2 Å². The molecular weight excluding hydrogens is 434 g/mol. The second-order valence-corrected chi connectivity index (χ2v) is 9.33. The van der Waals surface area contributed by atoms with E-state index in [1.54, 1.807) is 25.1 Å². The van der Waals surface area contributed by atoms with E-state index in [1.807, 2.05) is 0 Å². The van der Waals surface area contributed by atoms with Gasteiger partial charge in [-0.05, 0) is 48.7 Å². The van der Waals surface area contributed by atoms with E-state index >= 15 is 0 Å². The molecule has 2 amide bonds. The Balaban J connectivity index is 1.26. The number of amides is 2. The van der Waals surface area contributed by atoms with Crippen molar-refractivity contribution < 1.29 is 18.4 Å². The van der Waals surface area contributed by atoms with Crippen LogP contribution >= 0.6 is 11.8 Å². The fourth-order valence-corrected chi connectivity index (χ4v) is 4.97. The van der Waals surface area contributed by atoms with E-state index in [1.165, 1.54) is 36.0 Å². The van der Waals surface area contributed by atoms with Crippen LogP contribution in [0.2, 0.25) is 0 Å². The molecule has 32 heavy (non-hydrogen) atoms. The highest BCUT2D eigenvalue weighted by Crippen LogP contribution is 2.25. The van der Waals surface area contributed by atoms with Crippen LogP contribution < -0.4 is 16.0 Å². The highest BCUT2D eigenvalue weighted by Gasteiger charge is 2.40. The SMILES string of the molecule is Cc1ccc(F)cc1NC(=O)CSC1NC(=O)C2CN(Cc3ccc(F)cc3)CCC2N1. The van der Waals surface area contributed by atoms with Gasteiger partial charge in [-0.25, -0.2) is 8.78 Å². The van der Waals surface area contributed by atoms with Crippen molar-refractivity contribution in [2.45, 2.75) is 31.4 Å². The second-order valence-electron chi connectivity index (χ2n) is 8.24. The maximum absolute atomic E-state index is 13.4. The van der Waals surface area contributed by atoms with Crippen LogP contribution in [0.15, 0.2) is 42.5 Å². The van der Waals surface area contributed by atoms with Gasteiger partial charge in [0.2, 0.25) is 11.8 Å². The number of piperidine rings is 1. The third kappa shape index (κ3) is 5.65. The summed E-state index contributed by atoms with van der Waals surface area (Å²) < 4.78 is 26.5. The molecule has 0 spiro atoms. The second kappa shape index (κ2) is 9.97. The van der Waals surface area contributed by atoms with E-state index in [9.17, 15) is 18.4 Å². The van der Waals surface area contributed by atoms with Gasteiger partial charge in [-0.1, -0.05) is 18.2 Å². The van der Waals surface area contributed by atoms with Crippen LogP contribution in [-0.2, 0) is 16.1 Å². The number of hydrogen-bond donors (Lipinski definition) is 3. The van der Waals surface area contributed by atoms with Gasteiger partial charge in [0, 0.05) is 31.4 Å². The molecule has 3 N–H and O–H groups in total. The summed E-state index contributed by atoms with van der Waals surface area (Å²) in [4.78, 5) is 27.2. The minimum Gasteiger partial charge on any atom is -0.331 e. The molecule has 0 saturated carbocycles. The molecule has 0 bridgehead atoms. The number of aryl methyl sites for hydroxylation is 1. The lowest BCUT2D eigenvalue weighted by atomic mass is 9.89. The number of benzene rings is 2. The molecule has 4 rings (SSSR count). The van der Waals surface area contributed by atoms with E-state index in [0.717, 1.165) is 24.1 Å². The van der Waals surface area contributed by atoms with Crippen LogP contribution in [0.1, 0.15) is 17.5 Å². The number of likely N-dealkylation sites (tertiary alicyclic amines) is 1. The number of nitrogens with zero attached hydrogens (tertiary/aromatic N) is 1. The van der Waals surface area contributed by atoms with Crippen molar-refractivity contribution in [3.05, 3.63) is 65.2 Å². The first kappa shape index (κ1) is 22.7. The molecule has 2 aromatic carbocycles. The molecule has 9 heteroatoms. The predicted octanol–water partition coefficient (Wildman–Crippen LogP) is 2.84. The van der Waals surface area contributed by atoms with E-state index in [0.29, 0.717) is 18.8 Å². The lowest BCUT2D eigenvalue weighted by Gasteiger charge is -2.43. The molecule has 6 nitrogen and oxygen atoms in total. The number of carbonyl (C=O) groups is 2. The summed E-state index contributed by atoms with van der Waals surface area (Å²) in [5.74, 6) is -0.998. The van der Waals surface area contributed by atoms with Gasteiger partial charge in [-0.15, -0.1) is 11.8 Å². The Morgan fingerprint density at radius 2 is 1.94 bits per heavy atom. The standard InChI is InChI=1S/C23H26F2N4O2S/c1-14-2-5-17(25)10-20(14)26-21(30)13-32-23-27-19-8-9-29(12-18(19)22(31)28-23)11-15-3-6-16(24)7-4-15/h2-7,10,18-19,23,27H,8-9,11-13H2,1H3,(H,26,30)(H,28,31). The smallest absolute Gasteiger partial charge is 0.234 e. The van der Waals surface area contributed by atoms with Crippen LogP contribution in [0.25, 0.3) is 0 Å². The lowest BCUT2D eigenvalue weighted by molar-refractivity contribution is -0.130. The number of carbonyl (C=O) groups excluding carboxylic acids is 2. The Bertz CT molecular complexity index is 988. The minimum atomic E-state index is -0.406. The van der Waals surface area contributed by atoms with Crippen molar-refractivity contribution in [2.24, 2.45) is 5.92 Å². The molecular formula is C23H26F2N4O2S. The third-order valence-electron chi connectivity index (χ3n) is 5.85. The topological polar surface area (TPSA) is 73.5 Å². The Labute approximate surface area is 190 Å². The van der Waals surface area contributed by atoms with Gasteiger partial charge in [-0.2, -0.15) is 0 Å². The highest BCUT2D eigenvalue weighted by atomic mass is 32.2. The molecule has 2 fully saturated rings. The molecule has 170 valence electrons. The van der Waals surface area contributed by atoms with Gasteiger partial charge in [-0.3, -0.25) is 19.8 Å². The third-order valence-corrected chi connectivity index (χ3v) is 6.86. The highest BCUT2D eigenvalue weighted by molar-refractivity contribution is 8.00. The van der Waals surface area contributed by atoms with E-state index < -0.39 is 5.82 Å². The number of anilines is 1. The van der Waals surface area contributed by atoms with E-state index in [4.69, 9.17) is 0 Å². The van der Waals surface area contributed by atoms with Gasteiger partial charge in [0.15, 0.2) is 0 Å². The largest absolute Gasteiger partial charge is 0.331 e. The monoisotopic (exact) mass is 460 g/mol. The van der Waals surface area contributed by atoms with Gasteiger partial charge < -0.3 is 10.6 Å². The lowest BCUT2D eigenvalue weighted by Crippen LogP contribution is -2.64. The van der Waals surface area contributed by atoms with Crippen LogP contribution in [0.4, 0.5) is 14.5 Å². The maximum Gasteiger partial charge on any atom is 0.234 e.